The van der Waals surface area contributed by atoms with Crippen molar-refractivity contribution in [2.75, 3.05) is 0 Å². The lowest BCUT2D eigenvalue weighted by Crippen LogP contribution is -2.25. The zero-order valence-corrected chi connectivity index (χ0v) is 7.17. The van der Waals surface area contributed by atoms with E-state index in [2.05, 4.69) is 0 Å². The lowest BCUT2D eigenvalue weighted by molar-refractivity contribution is 0.148. The van der Waals surface area contributed by atoms with Crippen LogP contribution in [0.2, 0.25) is 0 Å². The minimum absolute atomic E-state index is 0.102. The largest absolute Gasteiger partial charge is 0.387 e. The van der Waals surface area contributed by atoms with Crippen molar-refractivity contribution < 1.29 is 13.9 Å². The Kier molecular flexibility index (Phi) is 2.95. The molecule has 3 N–H and O–H groups in total. The average molecular weight is 187 g/mol. The fourth-order valence-electron chi connectivity index (χ4n) is 1.03. The highest BCUT2D eigenvalue weighted by atomic mass is 19.2. The molecule has 1 rings (SSSR count). The number of hydrogen-bond donors (Lipinski definition) is 2. The number of hydrogen-bond acceptors (Lipinski definition) is 2. The van der Waals surface area contributed by atoms with E-state index in [9.17, 15) is 13.9 Å². The Morgan fingerprint density at radius 2 is 2.00 bits per heavy atom. The van der Waals surface area contributed by atoms with Crippen LogP contribution >= 0.6 is 0 Å². The van der Waals surface area contributed by atoms with Crippen molar-refractivity contribution in [1.29, 1.82) is 0 Å². The van der Waals surface area contributed by atoms with Crippen LogP contribution in [0.5, 0.6) is 0 Å². The van der Waals surface area contributed by atoms with Crippen LogP contribution in [0.4, 0.5) is 8.78 Å². The molecule has 0 bridgehead atoms. The fraction of sp³-hybridized carbons (Fsp3) is 0.333. The van der Waals surface area contributed by atoms with Gasteiger partial charge in [0.15, 0.2) is 11.6 Å². The maximum Gasteiger partial charge on any atom is 0.164 e. The van der Waals surface area contributed by atoms with Crippen molar-refractivity contribution in [2.24, 2.45) is 5.73 Å². The molecule has 0 spiro atoms. The second-order valence-corrected chi connectivity index (χ2v) is 2.95. The molecule has 0 aliphatic rings. The second kappa shape index (κ2) is 3.81. The summed E-state index contributed by atoms with van der Waals surface area (Å²) in [4.78, 5) is 0. The molecule has 72 valence electrons. The van der Waals surface area contributed by atoms with Crippen molar-refractivity contribution >= 4 is 0 Å². The van der Waals surface area contributed by atoms with Crippen LogP contribution in [0.15, 0.2) is 18.2 Å². The first kappa shape index (κ1) is 10.1. The van der Waals surface area contributed by atoms with E-state index in [1.165, 1.54) is 19.1 Å². The van der Waals surface area contributed by atoms with Gasteiger partial charge in [0.05, 0.1) is 6.10 Å². The highest BCUT2D eigenvalue weighted by Gasteiger charge is 2.18. The van der Waals surface area contributed by atoms with Gasteiger partial charge < -0.3 is 10.8 Å². The summed E-state index contributed by atoms with van der Waals surface area (Å²) in [5.74, 6) is -2.01. The summed E-state index contributed by atoms with van der Waals surface area (Å²) < 4.78 is 25.7. The maximum atomic E-state index is 13.0. The molecular weight excluding hydrogens is 176 g/mol. The van der Waals surface area contributed by atoms with Gasteiger partial charge in [-0.25, -0.2) is 8.78 Å². The van der Waals surface area contributed by atoms with Crippen LogP contribution in [0.3, 0.4) is 0 Å². The molecule has 0 radical (unpaired) electrons. The average Bonchev–Trinajstić information content (AvgIpc) is 2.08. The summed E-state index contributed by atoms with van der Waals surface area (Å²) in [6.45, 7) is 1.52. The van der Waals surface area contributed by atoms with Gasteiger partial charge >= 0.3 is 0 Å². The number of halogens is 2. The van der Waals surface area contributed by atoms with E-state index in [0.717, 1.165) is 6.07 Å². The number of nitrogens with two attached hydrogens (primary N) is 1. The number of benzene rings is 1. The predicted octanol–water partition coefficient (Wildman–Crippen LogP) is 1.35. The van der Waals surface area contributed by atoms with E-state index in [1.54, 1.807) is 0 Å². The highest BCUT2D eigenvalue weighted by Crippen LogP contribution is 2.20. The first-order chi connectivity index (χ1) is 6.04. The molecule has 2 atom stereocenters. The molecule has 4 heteroatoms. The third kappa shape index (κ3) is 2.02. The van der Waals surface area contributed by atoms with E-state index in [1.807, 2.05) is 0 Å². The maximum absolute atomic E-state index is 13.0. The van der Waals surface area contributed by atoms with Gasteiger partial charge in [0, 0.05) is 11.6 Å². The Hall–Kier alpha value is -1.00. The van der Waals surface area contributed by atoms with Crippen molar-refractivity contribution in [2.45, 2.75) is 19.1 Å². The Bertz CT molecular complexity index is 302. The molecule has 0 saturated heterocycles. The van der Waals surface area contributed by atoms with Crippen LogP contribution < -0.4 is 5.73 Å². The lowest BCUT2D eigenvalue weighted by Gasteiger charge is -2.15. The molecule has 0 aromatic heterocycles. The molecule has 1 aromatic rings. The molecule has 0 heterocycles. The van der Waals surface area contributed by atoms with E-state index in [-0.39, 0.29) is 5.56 Å². The minimum Gasteiger partial charge on any atom is -0.387 e. The molecule has 1 aromatic carbocycles. The predicted molar refractivity (Wildman–Crippen MR) is 45.0 cm³/mol. The Morgan fingerprint density at radius 3 is 2.54 bits per heavy atom. The SMILES string of the molecule is C[C@@H](N)[C@@H](O)c1cccc(F)c1F. The molecule has 0 amide bonds. The Morgan fingerprint density at radius 1 is 1.38 bits per heavy atom. The molecule has 0 saturated carbocycles. The lowest BCUT2D eigenvalue weighted by atomic mass is 10.0. The molecule has 0 aliphatic heterocycles. The number of rotatable bonds is 2. The summed E-state index contributed by atoms with van der Waals surface area (Å²) in [6, 6.07) is 3.01. The quantitative estimate of drug-likeness (QED) is 0.734. The molecule has 0 fully saturated rings. The van der Waals surface area contributed by atoms with Crippen molar-refractivity contribution in [1.82, 2.24) is 0 Å². The first-order valence-electron chi connectivity index (χ1n) is 3.91. The van der Waals surface area contributed by atoms with Gasteiger partial charge in [-0.15, -0.1) is 0 Å². The molecule has 2 nitrogen and oxygen atoms in total. The summed E-state index contributed by atoms with van der Waals surface area (Å²) in [5, 5.41) is 9.37. The van der Waals surface area contributed by atoms with Crippen LogP contribution in [-0.2, 0) is 0 Å². The first-order valence-corrected chi connectivity index (χ1v) is 3.91. The summed E-state index contributed by atoms with van der Waals surface area (Å²) in [7, 11) is 0. The molecule has 0 aliphatic carbocycles. The van der Waals surface area contributed by atoms with Gasteiger partial charge in [-0.2, -0.15) is 0 Å². The molecule has 13 heavy (non-hydrogen) atoms. The van der Waals surface area contributed by atoms with Gasteiger partial charge in [-0.05, 0) is 13.0 Å². The van der Waals surface area contributed by atoms with Crippen molar-refractivity contribution in [3.05, 3.63) is 35.4 Å². The van der Waals surface area contributed by atoms with E-state index in [0.29, 0.717) is 0 Å². The normalized spacial score (nSPS) is 15.5. The number of aliphatic hydroxyl groups excluding tert-OH is 1. The van der Waals surface area contributed by atoms with Crippen LogP contribution in [0, 0.1) is 11.6 Å². The molecular formula is C9H11F2NO. The van der Waals surface area contributed by atoms with Crippen molar-refractivity contribution in [3.8, 4) is 0 Å². The standard InChI is InChI=1S/C9H11F2NO/c1-5(12)9(13)6-3-2-4-7(10)8(6)11/h2-5,9,13H,12H2,1H3/t5-,9-/m1/s1. The van der Waals surface area contributed by atoms with Crippen LogP contribution in [0.1, 0.15) is 18.6 Å². The van der Waals surface area contributed by atoms with Gasteiger partial charge in [-0.1, -0.05) is 12.1 Å². The molecule has 0 unspecified atom stereocenters. The minimum atomic E-state index is -1.17. The summed E-state index contributed by atoms with van der Waals surface area (Å²) in [5.41, 5.74) is 5.25. The van der Waals surface area contributed by atoms with Crippen molar-refractivity contribution in [3.63, 3.8) is 0 Å². The van der Waals surface area contributed by atoms with Crippen LogP contribution in [-0.4, -0.2) is 11.1 Å². The Labute approximate surface area is 75.0 Å². The smallest absolute Gasteiger partial charge is 0.164 e. The second-order valence-electron chi connectivity index (χ2n) is 2.95. The monoisotopic (exact) mass is 187 g/mol. The topological polar surface area (TPSA) is 46.2 Å². The van der Waals surface area contributed by atoms with E-state index in [4.69, 9.17) is 5.73 Å². The van der Waals surface area contributed by atoms with Gasteiger partial charge in [0.25, 0.3) is 0 Å². The van der Waals surface area contributed by atoms with Gasteiger partial charge in [0.2, 0.25) is 0 Å². The summed E-state index contributed by atoms with van der Waals surface area (Å²) in [6.07, 6.45) is -1.17. The zero-order valence-electron chi connectivity index (χ0n) is 7.17. The third-order valence-corrected chi connectivity index (χ3v) is 1.80. The van der Waals surface area contributed by atoms with Gasteiger partial charge in [-0.3, -0.25) is 0 Å². The van der Waals surface area contributed by atoms with Gasteiger partial charge in [0.1, 0.15) is 0 Å². The highest BCUT2D eigenvalue weighted by molar-refractivity contribution is 5.22. The third-order valence-electron chi connectivity index (χ3n) is 1.80. The Balaban J connectivity index is 3.07. The zero-order chi connectivity index (χ0) is 10.0. The number of aliphatic hydroxyl groups is 1. The fourth-order valence-corrected chi connectivity index (χ4v) is 1.03. The van der Waals surface area contributed by atoms with E-state index < -0.39 is 23.8 Å². The summed E-state index contributed by atoms with van der Waals surface area (Å²) >= 11 is 0. The van der Waals surface area contributed by atoms with E-state index >= 15 is 0 Å². The van der Waals surface area contributed by atoms with Crippen LogP contribution in [0.25, 0.3) is 0 Å².